The van der Waals surface area contributed by atoms with Crippen molar-refractivity contribution in [1.29, 1.82) is 0 Å². The van der Waals surface area contributed by atoms with Crippen molar-refractivity contribution >= 4 is 11.3 Å². The molecule has 0 atom stereocenters. The van der Waals surface area contributed by atoms with E-state index in [-0.39, 0.29) is 24.0 Å². The minimum Gasteiger partial charge on any atom is -1.00 e. The third kappa shape index (κ3) is 4.76. The molecule has 0 N–H and O–H groups in total. The molecule has 0 aliphatic rings. The predicted molar refractivity (Wildman–Crippen MR) is 46.1 cm³/mol. The van der Waals surface area contributed by atoms with Crippen molar-refractivity contribution in [2.75, 3.05) is 21.1 Å². The van der Waals surface area contributed by atoms with Crippen molar-refractivity contribution in [2.45, 2.75) is 6.54 Å². The van der Waals surface area contributed by atoms with E-state index >= 15 is 0 Å². The van der Waals surface area contributed by atoms with Crippen molar-refractivity contribution in [3.8, 4) is 0 Å². The molecule has 1 rings (SSSR count). The average Bonchev–Trinajstić information content (AvgIpc) is 2.12. The number of hydrogen-bond acceptors (Lipinski definition) is 1. The molecule has 0 fully saturated rings. The van der Waals surface area contributed by atoms with E-state index in [0.717, 1.165) is 11.0 Å². The van der Waals surface area contributed by atoms with Crippen LogP contribution in [0.5, 0.6) is 0 Å². The van der Waals surface area contributed by atoms with Crippen LogP contribution in [-0.2, 0) is 6.54 Å². The van der Waals surface area contributed by atoms with Crippen LogP contribution in [0, 0.1) is 0 Å². The molecule has 0 aromatic carbocycles. The van der Waals surface area contributed by atoms with Gasteiger partial charge in [0.25, 0.3) is 0 Å². The Labute approximate surface area is 89.6 Å². The van der Waals surface area contributed by atoms with Gasteiger partial charge in [-0.15, -0.1) is 0 Å². The van der Waals surface area contributed by atoms with Gasteiger partial charge < -0.3 is 28.5 Å². The first-order valence-electron chi connectivity index (χ1n) is 3.39. The highest BCUT2D eigenvalue weighted by molar-refractivity contribution is 7.07. The van der Waals surface area contributed by atoms with Gasteiger partial charge in [0.05, 0.1) is 21.1 Å². The summed E-state index contributed by atoms with van der Waals surface area (Å²) < 4.78 is 1.01. The zero-order valence-corrected chi connectivity index (χ0v) is 10.1. The Hall–Kier alpha value is 0.390. The van der Waals surface area contributed by atoms with Gasteiger partial charge >= 0.3 is 0 Å². The minimum atomic E-state index is 0. The maximum atomic E-state index is 2.21. The second kappa shape index (κ2) is 4.42. The zero-order chi connectivity index (χ0) is 7.61. The molecule has 1 aromatic rings. The van der Waals surface area contributed by atoms with Crippen LogP contribution in [-0.4, -0.2) is 25.6 Å². The van der Waals surface area contributed by atoms with Crippen molar-refractivity contribution in [2.24, 2.45) is 0 Å². The highest BCUT2D eigenvalue weighted by atomic mass is 127. The summed E-state index contributed by atoms with van der Waals surface area (Å²) in [6, 6.07) is 2.19. The molecule has 1 nitrogen and oxygen atoms in total. The Morgan fingerprint density at radius 1 is 1.36 bits per heavy atom. The molecule has 0 aliphatic carbocycles. The van der Waals surface area contributed by atoms with E-state index in [2.05, 4.69) is 38.0 Å². The number of rotatable bonds is 2. The van der Waals surface area contributed by atoms with Gasteiger partial charge in [-0.05, 0) is 16.8 Å². The quantitative estimate of drug-likeness (QED) is 0.480. The van der Waals surface area contributed by atoms with E-state index in [1.165, 1.54) is 5.56 Å². The fraction of sp³-hybridized carbons (Fsp3) is 0.500. The van der Waals surface area contributed by atoms with Gasteiger partial charge in [0, 0.05) is 5.56 Å². The third-order valence-electron chi connectivity index (χ3n) is 1.24. The molecular formula is C8H14INS. The van der Waals surface area contributed by atoms with Crippen LogP contribution >= 0.6 is 11.3 Å². The van der Waals surface area contributed by atoms with Crippen LogP contribution in [0.25, 0.3) is 0 Å². The van der Waals surface area contributed by atoms with Crippen LogP contribution in [0.2, 0.25) is 0 Å². The van der Waals surface area contributed by atoms with Gasteiger partial charge in [0.15, 0.2) is 0 Å². The van der Waals surface area contributed by atoms with Crippen molar-refractivity contribution in [3.63, 3.8) is 0 Å². The van der Waals surface area contributed by atoms with E-state index < -0.39 is 0 Å². The lowest BCUT2D eigenvalue weighted by molar-refractivity contribution is -0.883. The SMILES string of the molecule is C[N+](C)(C)Cc1ccsc1.[I-]. The van der Waals surface area contributed by atoms with Crippen molar-refractivity contribution < 1.29 is 28.5 Å². The summed E-state index contributed by atoms with van der Waals surface area (Å²) in [4.78, 5) is 0. The van der Waals surface area contributed by atoms with Gasteiger partial charge in [0.1, 0.15) is 6.54 Å². The second-order valence-electron chi connectivity index (χ2n) is 3.58. The lowest BCUT2D eigenvalue weighted by Gasteiger charge is -2.22. The largest absolute Gasteiger partial charge is 1.00 e. The lowest BCUT2D eigenvalue weighted by atomic mass is 10.3. The highest BCUT2D eigenvalue weighted by Crippen LogP contribution is 2.10. The molecule has 1 aromatic heterocycles. The molecule has 64 valence electrons. The summed E-state index contributed by atoms with van der Waals surface area (Å²) >= 11 is 1.77. The topological polar surface area (TPSA) is 0 Å². The molecule has 0 spiro atoms. The van der Waals surface area contributed by atoms with E-state index in [4.69, 9.17) is 0 Å². The van der Waals surface area contributed by atoms with Crippen molar-refractivity contribution in [1.82, 2.24) is 0 Å². The Morgan fingerprint density at radius 3 is 2.36 bits per heavy atom. The van der Waals surface area contributed by atoms with E-state index in [1.54, 1.807) is 11.3 Å². The maximum absolute atomic E-state index is 2.21. The fourth-order valence-corrected chi connectivity index (χ4v) is 1.59. The van der Waals surface area contributed by atoms with Crippen LogP contribution in [0.3, 0.4) is 0 Å². The Morgan fingerprint density at radius 2 is 2.00 bits per heavy atom. The molecule has 0 saturated heterocycles. The molecule has 3 heteroatoms. The normalized spacial score (nSPS) is 10.8. The standard InChI is InChI=1S/C8H14NS.HI/c1-9(2,3)6-8-4-5-10-7-8;/h4-5,7H,6H2,1-3H3;1H/q+1;/p-1. The lowest BCUT2D eigenvalue weighted by Crippen LogP contribution is -3.00. The summed E-state index contributed by atoms with van der Waals surface area (Å²) in [5.41, 5.74) is 1.44. The average molecular weight is 283 g/mol. The summed E-state index contributed by atoms with van der Waals surface area (Å²) in [5, 5.41) is 4.34. The number of quaternary nitrogens is 1. The monoisotopic (exact) mass is 283 g/mol. The molecule has 1 heterocycles. The molecule has 0 amide bonds. The molecular weight excluding hydrogens is 269 g/mol. The predicted octanol–water partition coefficient (Wildman–Crippen LogP) is -1.04. The maximum Gasteiger partial charge on any atom is 0.105 e. The molecule has 0 saturated carbocycles. The summed E-state index contributed by atoms with van der Waals surface area (Å²) in [6.07, 6.45) is 0. The summed E-state index contributed by atoms with van der Waals surface area (Å²) in [7, 11) is 6.62. The van der Waals surface area contributed by atoms with E-state index in [0.29, 0.717) is 0 Å². The van der Waals surface area contributed by atoms with Gasteiger partial charge in [-0.25, -0.2) is 0 Å². The minimum absolute atomic E-state index is 0. The van der Waals surface area contributed by atoms with Gasteiger partial charge in [0.2, 0.25) is 0 Å². The van der Waals surface area contributed by atoms with Crippen LogP contribution in [0.1, 0.15) is 5.56 Å². The summed E-state index contributed by atoms with van der Waals surface area (Å²) in [5.74, 6) is 0. The van der Waals surface area contributed by atoms with Gasteiger partial charge in [-0.2, -0.15) is 11.3 Å². The highest BCUT2D eigenvalue weighted by Gasteiger charge is 2.07. The molecule has 0 unspecified atom stereocenters. The zero-order valence-electron chi connectivity index (χ0n) is 7.17. The van der Waals surface area contributed by atoms with Gasteiger partial charge in [-0.1, -0.05) is 0 Å². The van der Waals surface area contributed by atoms with E-state index in [1.807, 2.05) is 0 Å². The third-order valence-corrected chi connectivity index (χ3v) is 1.97. The number of nitrogens with zero attached hydrogens (tertiary/aromatic N) is 1. The Bertz CT molecular complexity index is 188. The van der Waals surface area contributed by atoms with Crippen LogP contribution in [0.15, 0.2) is 16.8 Å². The molecule has 0 radical (unpaired) electrons. The Kier molecular flexibility index (Phi) is 4.58. The number of hydrogen-bond donors (Lipinski definition) is 0. The first kappa shape index (κ1) is 11.4. The van der Waals surface area contributed by atoms with Crippen molar-refractivity contribution in [3.05, 3.63) is 22.4 Å². The fourth-order valence-electron chi connectivity index (χ4n) is 0.930. The van der Waals surface area contributed by atoms with Gasteiger partial charge in [-0.3, -0.25) is 0 Å². The van der Waals surface area contributed by atoms with Crippen LogP contribution < -0.4 is 24.0 Å². The second-order valence-corrected chi connectivity index (χ2v) is 4.36. The first-order chi connectivity index (χ1) is 4.58. The van der Waals surface area contributed by atoms with Crippen LogP contribution in [0.4, 0.5) is 0 Å². The smallest absolute Gasteiger partial charge is 0.105 e. The summed E-state index contributed by atoms with van der Waals surface area (Å²) in [6.45, 7) is 1.13. The number of halogens is 1. The Balaban J connectivity index is 0.000001000. The van der Waals surface area contributed by atoms with E-state index in [9.17, 15) is 0 Å². The number of thiophene rings is 1. The molecule has 0 bridgehead atoms. The first-order valence-corrected chi connectivity index (χ1v) is 4.34. The molecule has 0 aliphatic heterocycles. The molecule has 11 heavy (non-hydrogen) atoms.